The van der Waals surface area contributed by atoms with Crippen LogP contribution in [0.1, 0.15) is 53.4 Å². The predicted molar refractivity (Wildman–Crippen MR) is 88.1 cm³/mol. The van der Waals surface area contributed by atoms with Gasteiger partial charge in [0, 0.05) is 23.9 Å². The highest BCUT2D eigenvalue weighted by atomic mass is 32.2. The zero-order valence-corrected chi connectivity index (χ0v) is 15.1. The topological polar surface area (TPSA) is 20.3 Å². The molecule has 6 heteroatoms. The van der Waals surface area contributed by atoms with E-state index in [1.807, 2.05) is 4.90 Å². The molecule has 2 bridgehead atoms. The van der Waals surface area contributed by atoms with Crippen molar-refractivity contribution in [3.8, 4) is 0 Å². The first-order valence-electron chi connectivity index (χ1n) is 8.07. The van der Waals surface area contributed by atoms with Gasteiger partial charge in [0.2, 0.25) is 5.91 Å². The Balaban J connectivity index is 1.95. The summed E-state index contributed by atoms with van der Waals surface area (Å²) in [5, 5.41) is 1.59. The van der Waals surface area contributed by atoms with Gasteiger partial charge in [-0.15, -0.1) is 11.8 Å². The van der Waals surface area contributed by atoms with E-state index in [-0.39, 0.29) is 28.5 Å². The van der Waals surface area contributed by atoms with Gasteiger partial charge in [-0.1, -0.05) is 20.8 Å². The van der Waals surface area contributed by atoms with Gasteiger partial charge >= 0.3 is 6.18 Å². The molecule has 0 aromatic rings. The summed E-state index contributed by atoms with van der Waals surface area (Å²) in [4.78, 5) is 14.6. The highest BCUT2D eigenvalue weighted by Crippen LogP contribution is 2.52. The minimum absolute atomic E-state index is 0.0177. The van der Waals surface area contributed by atoms with Crippen molar-refractivity contribution in [3.05, 3.63) is 11.0 Å². The molecule has 132 valence electrons. The SMILES string of the molecule is C/C(=C\SCCC(F)(F)F)C(=O)N1CC2(C)CC1CC(C)(C)C2. The molecule has 0 spiro atoms. The molecule has 1 amide bonds. The van der Waals surface area contributed by atoms with Crippen molar-refractivity contribution in [2.45, 2.75) is 65.6 Å². The third-order valence-corrected chi connectivity index (χ3v) is 5.74. The molecule has 2 nitrogen and oxygen atoms in total. The number of hydrogen-bond donors (Lipinski definition) is 0. The van der Waals surface area contributed by atoms with Crippen LogP contribution in [0.15, 0.2) is 11.0 Å². The van der Waals surface area contributed by atoms with Gasteiger partial charge in [-0.2, -0.15) is 13.2 Å². The number of halogens is 3. The van der Waals surface area contributed by atoms with E-state index >= 15 is 0 Å². The van der Waals surface area contributed by atoms with E-state index in [9.17, 15) is 18.0 Å². The van der Waals surface area contributed by atoms with E-state index in [0.717, 1.165) is 37.6 Å². The van der Waals surface area contributed by atoms with E-state index < -0.39 is 12.6 Å². The number of amides is 1. The van der Waals surface area contributed by atoms with Crippen LogP contribution >= 0.6 is 11.8 Å². The van der Waals surface area contributed by atoms with Gasteiger partial charge in [0.15, 0.2) is 0 Å². The molecule has 2 atom stereocenters. The number of hydrogen-bond acceptors (Lipinski definition) is 2. The van der Waals surface area contributed by atoms with E-state index in [2.05, 4.69) is 20.8 Å². The van der Waals surface area contributed by atoms with Crippen LogP contribution in [0.25, 0.3) is 0 Å². The maximum Gasteiger partial charge on any atom is 0.389 e. The molecule has 0 aromatic heterocycles. The lowest BCUT2D eigenvalue weighted by molar-refractivity contribution is -0.129. The number of nitrogens with zero attached hydrogens (tertiary/aromatic N) is 1. The van der Waals surface area contributed by atoms with Gasteiger partial charge in [0.1, 0.15) is 0 Å². The van der Waals surface area contributed by atoms with Gasteiger partial charge in [-0.05, 0) is 42.4 Å². The average Bonchev–Trinajstić information content (AvgIpc) is 2.61. The summed E-state index contributed by atoms with van der Waals surface area (Å²) in [6, 6.07) is 0.264. The van der Waals surface area contributed by atoms with Crippen molar-refractivity contribution < 1.29 is 18.0 Å². The molecular formula is C17H26F3NOS. The minimum Gasteiger partial charge on any atom is -0.335 e. The second-order valence-electron chi connectivity index (χ2n) is 8.18. The Morgan fingerprint density at radius 1 is 1.30 bits per heavy atom. The lowest BCUT2D eigenvalue weighted by Gasteiger charge is -2.39. The number of fused-ring (bicyclic) bond motifs is 2. The summed E-state index contributed by atoms with van der Waals surface area (Å²) >= 11 is 1.07. The molecule has 23 heavy (non-hydrogen) atoms. The number of rotatable bonds is 4. The molecule has 2 aliphatic rings. The van der Waals surface area contributed by atoms with Gasteiger partial charge in [-0.25, -0.2) is 0 Å². The summed E-state index contributed by atoms with van der Waals surface area (Å²) < 4.78 is 36.4. The van der Waals surface area contributed by atoms with Crippen molar-refractivity contribution in [2.75, 3.05) is 12.3 Å². The summed E-state index contributed by atoms with van der Waals surface area (Å²) in [6.07, 6.45) is -1.80. The molecule has 1 aliphatic heterocycles. The first-order chi connectivity index (χ1) is 10.4. The Morgan fingerprint density at radius 2 is 1.96 bits per heavy atom. The van der Waals surface area contributed by atoms with Crippen LogP contribution < -0.4 is 0 Å². The molecule has 1 saturated heterocycles. The Bertz CT molecular complexity index is 501. The molecule has 0 radical (unpaired) electrons. The van der Waals surface area contributed by atoms with Crippen LogP contribution in [-0.4, -0.2) is 35.3 Å². The van der Waals surface area contributed by atoms with Gasteiger partial charge < -0.3 is 4.90 Å². The van der Waals surface area contributed by atoms with Gasteiger partial charge in [0.05, 0.1) is 6.42 Å². The molecule has 0 aromatic carbocycles. The fourth-order valence-electron chi connectivity index (χ4n) is 4.33. The zero-order valence-electron chi connectivity index (χ0n) is 14.3. The van der Waals surface area contributed by atoms with Crippen molar-refractivity contribution in [1.29, 1.82) is 0 Å². The lowest BCUT2D eigenvalue weighted by Crippen LogP contribution is -2.38. The number of carbonyl (C=O) groups excluding carboxylic acids is 1. The van der Waals surface area contributed by atoms with Crippen LogP contribution in [0.3, 0.4) is 0 Å². The van der Waals surface area contributed by atoms with Crippen LogP contribution in [0.5, 0.6) is 0 Å². The number of alkyl halides is 3. The molecule has 2 unspecified atom stereocenters. The smallest absolute Gasteiger partial charge is 0.335 e. The zero-order chi connectivity index (χ0) is 17.5. The third-order valence-electron chi connectivity index (χ3n) is 4.78. The molecule has 2 rings (SSSR count). The Morgan fingerprint density at radius 3 is 2.57 bits per heavy atom. The van der Waals surface area contributed by atoms with E-state index in [1.54, 1.807) is 12.3 Å². The second-order valence-corrected chi connectivity index (χ2v) is 9.16. The van der Waals surface area contributed by atoms with Gasteiger partial charge in [-0.3, -0.25) is 4.79 Å². The summed E-state index contributed by atoms with van der Waals surface area (Å²) in [7, 11) is 0. The average molecular weight is 349 g/mol. The maximum atomic E-state index is 12.7. The van der Waals surface area contributed by atoms with Crippen molar-refractivity contribution >= 4 is 17.7 Å². The predicted octanol–water partition coefficient (Wildman–Crippen LogP) is 5.00. The fourth-order valence-corrected chi connectivity index (χ4v) is 5.15. The van der Waals surface area contributed by atoms with Crippen molar-refractivity contribution in [2.24, 2.45) is 10.8 Å². The largest absolute Gasteiger partial charge is 0.389 e. The fraction of sp³-hybridized carbons (Fsp3) is 0.824. The minimum atomic E-state index is -4.13. The summed E-state index contributed by atoms with van der Waals surface area (Å²) in [6.45, 7) is 9.21. The molecule has 1 aliphatic carbocycles. The Hall–Kier alpha value is -0.650. The highest BCUT2D eigenvalue weighted by Gasteiger charge is 2.50. The highest BCUT2D eigenvalue weighted by molar-refractivity contribution is 8.02. The van der Waals surface area contributed by atoms with E-state index in [4.69, 9.17) is 0 Å². The Labute approximate surface area is 140 Å². The van der Waals surface area contributed by atoms with Crippen molar-refractivity contribution in [3.63, 3.8) is 0 Å². The van der Waals surface area contributed by atoms with Crippen LogP contribution in [0.4, 0.5) is 13.2 Å². The first-order valence-corrected chi connectivity index (χ1v) is 9.12. The van der Waals surface area contributed by atoms with Crippen LogP contribution in [0.2, 0.25) is 0 Å². The number of carbonyl (C=O) groups is 1. The van der Waals surface area contributed by atoms with Gasteiger partial charge in [0.25, 0.3) is 0 Å². The van der Waals surface area contributed by atoms with E-state index in [1.165, 1.54) is 0 Å². The standard InChI is InChI=1S/C17H26F3NOS/c1-12(9-23-6-5-17(18,19)20)14(22)21-11-16(4)8-13(21)7-15(2,3)10-16/h9,13H,5-8,10-11H2,1-4H3/b12-9+. The first kappa shape index (κ1) is 18.7. The molecular weight excluding hydrogens is 323 g/mol. The molecule has 0 N–H and O–H groups in total. The molecule has 2 fully saturated rings. The summed E-state index contributed by atoms with van der Waals surface area (Å²) in [5.41, 5.74) is 0.962. The lowest BCUT2D eigenvalue weighted by atomic mass is 9.65. The normalized spacial score (nSPS) is 30.7. The van der Waals surface area contributed by atoms with E-state index in [0.29, 0.717) is 5.57 Å². The van der Waals surface area contributed by atoms with Crippen molar-refractivity contribution in [1.82, 2.24) is 4.90 Å². The molecule has 1 saturated carbocycles. The molecule has 1 heterocycles. The third kappa shape index (κ3) is 4.91. The monoisotopic (exact) mass is 349 g/mol. The quantitative estimate of drug-likeness (QED) is 0.526. The Kier molecular flexibility index (Phi) is 5.15. The summed E-state index contributed by atoms with van der Waals surface area (Å²) in [5.74, 6) is -0.0570. The maximum absolute atomic E-state index is 12.7. The number of thioether (sulfide) groups is 1. The van der Waals surface area contributed by atoms with Crippen LogP contribution in [-0.2, 0) is 4.79 Å². The second kappa shape index (κ2) is 6.34. The number of likely N-dealkylation sites (tertiary alicyclic amines) is 1. The van der Waals surface area contributed by atoms with Crippen LogP contribution in [0, 0.1) is 10.8 Å².